The molecule has 0 aliphatic heterocycles. The van der Waals surface area contributed by atoms with Crippen molar-refractivity contribution in [2.24, 2.45) is 0 Å². The first-order valence-electron chi connectivity index (χ1n) is 6.09. The van der Waals surface area contributed by atoms with Crippen molar-refractivity contribution in [3.63, 3.8) is 0 Å². The van der Waals surface area contributed by atoms with Gasteiger partial charge < -0.3 is 10.4 Å². The molecule has 1 aromatic carbocycles. The Morgan fingerprint density at radius 3 is 2.78 bits per heavy atom. The number of phenolic OH excluding ortho intramolecular Hbond substituents is 1. The fourth-order valence-electron chi connectivity index (χ4n) is 1.99. The maximum Gasteiger partial charge on any atom is 0.120 e. The second-order valence-electron chi connectivity index (χ2n) is 4.15. The first-order chi connectivity index (χ1) is 8.76. The van der Waals surface area contributed by atoms with E-state index < -0.39 is 0 Å². The third-order valence-electron chi connectivity index (χ3n) is 2.91. The number of benzene rings is 1. The molecule has 1 aromatic heterocycles. The molecule has 0 saturated carbocycles. The number of nitrogens with one attached hydrogen (secondary N) is 1. The lowest BCUT2D eigenvalue weighted by Gasteiger charge is -2.07. The van der Waals surface area contributed by atoms with E-state index in [4.69, 9.17) is 0 Å². The van der Waals surface area contributed by atoms with E-state index >= 15 is 0 Å². The highest BCUT2D eigenvalue weighted by Crippen LogP contribution is 2.18. The van der Waals surface area contributed by atoms with E-state index in [0.29, 0.717) is 18.8 Å². The predicted molar refractivity (Wildman–Crippen MR) is 69.4 cm³/mol. The van der Waals surface area contributed by atoms with E-state index in [2.05, 4.69) is 22.6 Å². The zero-order valence-electron chi connectivity index (χ0n) is 10.7. The van der Waals surface area contributed by atoms with Crippen LogP contribution in [0.3, 0.4) is 0 Å². The smallest absolute Gasteiger partial charge is 0.120 e. The summed E-state index contributed by atoms with van der Waals surface area (Å²) < 4.78 is 1.85. The Bertz CT molecular complexity index is 521. The van der Waals surface area contributed by atoms with Crippen LogP contribution in [0.5, 0.6) is 5.75 Å². The van der Waals surface area contributed by atoms with Crippen LogP contribution >= 0.6 is 0 Å². The molecule has 5 heteroatoms. The van der Waals surface area contributed by atoms with Crippen LogP contribution in [0.2, 0.25) is 0 Å². The van der Waals surface area contributed by atoms with E-state index in [1.807, 2.05) is 29.9 Å². The summed E-state index contributed by atoms with van der Waals surface area (Å²) in [7, 11) is 1.89. The number of hydrogen-bond acceptors (Lipinski definition) is 4. The van der Waals surface area contributed by atoms with Crippen LogP contribution in [0, 0.1) is 0 Å². The number of aromatic hydroxyl groups is 1. The lowest BCUT2D eigenvalue weighted by molar-refractivity contribution is 0.462. The van der Waals surface area contributed by atoms with Crippen LogP contribution in [0.15, 0.2) is 24.3 Å². The predicted octanol–water partition coefficient (Wildman–Crippen LogP) is 1.31. The molecule has 1 heterocycles. The molecule has 96 valence electrons. The van der Waals surface area contributed by atoms with Gasteiger partial charge in [-0.2, -0.15) is 0 Å². The van der Waals surface area contributed by atoms with Gasteiger partial charge in [-0.05, 0) is 19.5 Å². The van der Waals surface area contributed by atoms with Crippen molar-refractivity contribution in [1.29, 1.82) is 0 Å². The van der Waals surface area contributed by atoms with Crippen molar-refractivity contribution in [2.75, 3.05) is 7.05 Å². The molecular formula is C13H18N4O. The van der Waals surface area contributed by atoms with Gasteiger partial charge in [0.1, 0.15) is 5.75 Å². The molecule has 0 amide bonds. The van der Waals surface area contributed by atoms with E-state index in [9.17, 15) is 5.11 Å². The Morgan fingerprint density at radius 1 is 1.33 bits per heavy atom. The van der Waals surface area contributed by atoms with E-state index in [1.54, 1.807) is 6.07 Å². The maximum atomic E-state index is 9.77. The van der Waals surface area contributed by atoms with Crippen LogP contribution in [0.25, 0.3) is 0 Å². The molecule has 0 spiro atoms. The highest BCUT2D eigenvalue weighted by Gasteiger charge is 2.11. The van der Waals surface area contributed by atoms with Crippen LogP contribution in [-0.4, -0.2) is 27.1 Å². The van der Waals surface area contributed by atoms with Crippen molar-refractivity contribution in [3.05, 3.63) is 41.2 Å². The summed E-state index contributed by atoms with van der Waals surface area (Å²) in [5, 5.41) is 21.2. The zero-order valence-corrected chi connectivity index (χ0v) is 10.7. The Hall–Kier alpha value is -1.88. The quantitative estimate of drug-likeness (QED) is 0.835. The van der Waals surface area contributed by atoms with Gasteiger partial charge in [-0.3, -0.25) is 0 Å². The molecule has 0 atom stereocenters. The van der Waals surface area contributed by atoms with Crippen LogP contribution in [0.1, 0.15) is 23.9 Å². The van der Waals surface area contributed by atoms with Gasteiger partial charge in [0.2, 0.25) is 0 Å². The fourth-order valence-corrected chi connectivity index (χ4v) is 1.99. The van der Waals surface area contributed by atoms with Crippen molar-refractivity contribution < 1.29 is 5.11 Å². The minimum Gasteiger partial charge on any atom is -0.508 e. The number of aromatic nitrogens is 3. The van der Waals surface area contributed by atoms with Gasteiger partial charge in [0, 0.05) is 12.1 Å². The van der Waals surface area contributed by atoms with Gasteiger partial charge >= 0.3 is 0 Å². The summed E-state index contributed by atoms with van der Waals surface area (Å²) in [5.41, 5.74) is 2.93. The molecule has 0 radical (unpaired) electrons. The number of para-hydroxylation sites is 1. The molecule has 2 N–H and O–H groups in total. The molecule has 5 nitrogen and oxygen atoms in total. The Balaban J connectivity index is 2.27. The summed E-state index contributed by atoms with van der Waals surface area (Å²) in [4.78, 5) is 0. The maximum absolute atomic E-state index is 9.77. The Labute approximate surface area is 106 Å². The normalized spacial score (nSPS) is 10.8. The number of phenols is 1. The first-order valence-corrected chi connectivity index (χ1v) is 6.09. The standard InChI is InChI=1S/C13H18N4O/c1-3-12-11(8-14-2)15-16-17(12)9-10-6-4-5-7-13(10)18/h4-7,14,18H,3,8-9H2,1-2H3. The Morgan fingerprint density at radius 2 is 2.11 bits per heavy atom. The minimum atomic E-state index is 0.296. The molecule has 0 unspecified atom stereocenters. The SMILES string of the molecule is CCc1c(CNC)nnn1Cc1ccccc1O. The average molecular weight is 246 g/mol. The second kappa shape index (κ2) is 5.64. The van der Waals surface area contributed by atoms with Crippen LogP contribution in [0.4, 0.5) is 0 Å². The fraction of sp³-hybridized carbons (Fsp3) is 0.385. The van der Waals surface area contributed by atoms with E-state index in [0.717, 1.165) is 23.4 Å². The van der Waals surface area contributed by atoms with Gasteiger partial charge in [0.05, 0.1) is 17.9 Å². The molecule has 0 bridgehead atoms. The van der Waals surface area contributed by atoms with Crippen molar-refractivity contribution in [3.8, 4) is 5.75 Å². The van der Waals surface area contributed by atoms with Crippen molar-refractivity contribution >= 4 is 0 Å². The largest absolute Gasteiger partial charge is 0.508 e. The van der Waals surface area contributed by atoms with Crippen LogP contribution in [-0.2, 0) is 19.5 Å². The monoisotopic (exact) mass is 246 g/mol. The molecule has 0 aliphatic carbocycles. The van der Waals surface area contributed by atoms with Gasteiger partial charge in [-0.25, -0.2) is 4.68 Å². The van der Waals surface area contributed by atoms with Gasteiger partial charge in [-0.1, -0.05) is 30.3 Å². The summed E-state index contributed by atoms with van der Waals surface area (Å²) >= 11 is 0. The summed E-state index contributed by atoms with van der Waals surface area (Å²) in [6, 6.07) is 7.31. The molecule has 0 saturated heterocycles. The van der Waals surface area contributed by atoms with Gasteiger partial charge in [0.25, 0.3) is 0 Å². The topological polar surface area (TPSA) is 63.0 Å². The lowest BCUT2D eigenvalue weighted by atomic mass is 10.2. The second-order valence-corrected chi connectivity index (χ2v) is 4.15. The third-order valence-corrected chi connectivity index (χ3v) is 2.91. The lowest BCUT2D eigenvalue weighted by Crippen LogP contribution is -2.10. The summed E-state index contributed by atoms with van der Waals surface area (Å²) in [6.45, 7) is 3.34. The highest BCUT2D eigenvalue weighted by atomic mass is 16.3. The summed E-state index contributed by atoms with van der Waals surface area (Å²) in [6.07, 6.45) is 0.873. The molecule has 18 heavy (non-hydrogen) atoms. The number of hydrogen-bond donors (Lipinski definition) is 2. The molecule has 0 fully saturated rings. The van der Waals surface area contributed by atoms with Crippen LogP contribution < -0.4 is 5.32 Å². The third kappa shape index (κ3) is 2.51. The number of rotatable bonds is 5. The van der Waals surface area contributed by atoms with Crippen molar-refractivity contribution in [1.82, 2.24) is 20.3 Å². The minimum absolute atomic E-state index is 0.296. The first kappa shape index (κ1) is 12.6. The van der Waals surface area contributed by atoms with Gasteiger partial charge in [0.15, 0.2) is 0 Å². The molecular weight excluding hydrogens is 228 g/mol. The van der Waals surface area contributed by atoms with Gasteiger partial charge in [-0.15, -0.1) is 5.10 Å². The van der Waals surface area contributed by atoms with Crippen molar-refractivity contribution in [2.45, 2.75) is 26.4 Å². The molecule has 0 aliphatic rings. The molecule has 2 aromatic rings. The highest BCUT2D eigenvalue weighted by molar-refractivity contribution is 5.32. The Kier molecular flexibility index (Phi) is 3.94. The van der Waals surface area contributed by atoms with E-state index in [1.165, 1.54) is 0 Å². The zero-order chi connectivity index (χ0) is 13.0. The number of nitrogens with zero attached hydrogens (tertiary/aromatic N) is 3. The summed E-state index contributed by atoms with van der Waals surface area (Å²) in [5.74, 6) is 0.296. The van der Waals surface area contributed by atoms with E-state index in [-0.39, 0.29) is 0 Å². The average Bonchev–Trinajstić information content (AvgIpc) is 2.75. The molecule has 2 rings (SSSR count).